The van der Waals surface area contributed by atoms with E-state index < -0.39 is 5.89 Å². The van der Waals surface area contributed by atoms with Gasteiger partial charge in [0.25, 0.3) is 0 Å². The Bertz CT molecular complexity index is 1420. The Labute approximate surface area is 212 Å². The third kappa shape index (κ3) is 3.78. The van der Waals surface area contributed by atoms with Crippen molar-refractivity contribution in [3.63, 3.8) is 0 Å². The average molecular weight is 461 g/mol. The summed E-state index contributed by atoms with van der Waals surface area (Å²) in [6, 6.07) is 32.6. The van der Waals surface area contributed by atoms with E-state index in [2.05, 4.69) is 131 Å². The number of benzene rings is 4. The van der Waals surface area contributed by atoms with E-state index in [1.54, 1.807) is 0 Å². The molecule has 0 saturated carbocycles. The van der Waals surface area contributed by atoms with E-state index in [0.29, 0.717) is 0 Å². The summed E-state index contributed by atoms with van der Waals surface area (Å²) < 4.78 is 9.40. The van der Waals surface area contributed by atoms with Crippen molar-refractivity contribution in [1.82, 2.24) is 0 Å². The van der Waals surface area contributed by atoms with Gasteiger partial charge >= 0.3 is 0 Å². The van der Waals surface area contributed by atoms with Crippen LogP contribution in [0.3, 0.4) is 0 Å². The SMILES string of the molecule is [2H]C(C)(C)c1c(N(c2ccccc2-c2ccccc2)C(C)(C)C)ccc2c1-c1ccccc1C2(C)C. The summed E-state index contributed by atoms with van der Waals surface area (Å²) in [6.45, 7) is 15.5. The molecule has 0 heterocycles. The van der Waals surface area contributed by atoms with Crippen LogP contribution >= 0.6 is 0 Å². The molecule has 0 N–H and O–H groups in total. The van der Waals surface area contributed by atoms with Gasteiger partial charge in [0.2, 0.25) is 0 Å². The van der Waals surface area contributed by atoms with Crippen LogP contribution in [0, 0.1) is 0 Å². The molecule has 0 fully saturated rings. The number of rotatable bonds is 4. The highest BCUT2D eigenvalue weighted by Gasteiger charge is 2.39. The average Bonchev–Trinajstić information content (AvgIpc) is 3.05. The van der Waals surface area contributed by atoms with Gasteiger partial charge < -0.3 is 4.90 Å². The summed E-state index contributed by atoms with van der Waals surface area (Å²) in [6.07, 6.45) is 0. The molecule has 0 spiro atoms. The third-order valence-electron chi connectivity index (χ3n) is 7.37. The summed E-state index contributed by atoms with van der Waals surface area (Å²) in [5.41, 5.74) is 10.6. The Balaban J connectivity index is 1.86. The van der Waals surface area contributed by atoms with Gasteiger partial charge in [-0.1, -0.05) is 107 Å². The van der Waals surface area contributed by atoms with Crippen LogP contribution in [0.5, 0.6) is 0 Å². The van der Waals surface area contributed by atoms with E-state index in [1.807, 2.05) is 13.8 Å². The van der Waals surface area contributed by atoms with Gasteiger partial charge in [-0.15, -0.1) is 0 Å². The highest BCUT2D eigenvalue weighted by Crippen LogP contribution is 2.54. The van der Waals surface area contributed by atoms with Crippen LogP contribution in [-0.4, -0.2) is 5.54 Å². The molecule has 1 nitrogen and oxygen atoms in total. The zero-order valence-electron chi connectivity index (χ0n) is 23.1. The van der Waals surface area contributed by atoms with E-state index in [0.717, 1.165) is 16.9 Å². The minimum Gasteiger partial charge on any atom is -0.335 e. The van der Waals surface area contributed by atoms with Crippen LogP contribution in [0.1, 0.15) is 72.4 Å². The van der Waals surface area contributed by atoms with Gasteiger partial charge in [0.05, 0.1) is 0 Å². The number of para-hydroxylation sites is 1. The minimum absolute atomic E-state index is 0.0982. The van der Waals surface area contributed by atoms with E-state index in [4.69, 9.17) is 0 Å². The monoisotopic (exact) mass is 460 g/mol. The number of hydrogen-bond acceptors (Lipinski definition) is 1. The van der Waals surface area contributed by atoms with Crippen molar-refractivity contribution in [2.75, 3.05) is 4.90 Å². The van der Waals surface area contributed by atoms with Crippen molar-refractivity contribution in [1.29, 1.82) is 0 Å². The summed E-state index contributed by atoms with van der Waals surface area (Å²) in [7, 11) is 0. The first kappa shape index (κ1) is 22.2. The van der Waals surface area contributed by atoms with Crippen LogP contribution in [0.25, 0.3) is 22.3 Å². The maximum atomic E-state index is 9.40. The maximum Gasteiger partial charge on any atom is 0.0495 e. The molecule has 5 rings (SSSR count). The van der Waals surface area contributed by atoms with Crippen molar-refractivity contribution >= 4 is 11.4 Å². The van der Waals surface area contributed by atoms with Crippen LogP contribution in [-0.2, 0) is 5.41 Å². The smallest absolute Gasteiger partial charge is 0.0495 e. The fourth-order valence-corrected chi connectivity index (χ4v) is 5.86. The third-order valence-corrected chi connectivity index (χ3v) is 7.37. The summed E-state index contributed by atoms with van der Waals surface area (Å²) >= 11 is 0. The summed E-state index contributed by atoms with van der Waals surface area (Å²) in [4.78, 5) is 2.45. The zero-order chi connectivity index (χ0) is 25.9. The minimum atomic E-state index is -0.792. The lowest BCUT2D eigenvalue weighted by atomic mass is 9.81. The van der Waals surface area contributed by atoms with Crippen LogP contribution in [0.4, 0.5) is 11.4 Å². The Hall–Kier alpha value is -3.32. The fourth-order valence-electron chi connectivity index (χ4n) is 5.86. The highest BCUT2D eigenvalue weighted by atomic mass is 15.2. The molecule has 178 valence electrons. The van der Waals surface area contributed by atoms with Gasteiger partial charge in [0.1, 0.15) is 0 Å². The van der Waals surface area contributed by atoms with Crippen molar-refractivity contribution < 1.29 is 1.37 Å². The first-order valence-electron chi connectivity index (χ1n) is 13.1. The molecule has 0 saturated heterocycles. The first-order valence-corrected chi connectivity index (χ1v) is 12.6. The van der Waals surface area contributed by atoms with Gasteiger partial charge in [0, 0.05) is 29.3 Å². The van der Waals surface area contributed by atoms with Gasteiger partial charge in [-0.3, -0.25) is 0 Å². The molecule has 0 bridgehead atoms. The fraction of sp³-hybridized carbons (Fsp3) is 0.294. The molecule has 4 aromatic rings. The number of nitrogens with zero attached hydrogens (tertiary/aromatic N) is 1. The molecule has 0 amide bonds. The number of fused-ring (bicyclic) bond motifs is 3. The second kappa shape index (κ2) is 8.41. The number of anilines is 2. The van der Waals surface area contributed by atoms with E-state index in [-0.39, 0.29) is 11.0 Å². The van der Waals surface area contributed by atoms with Crippen LogP contribution < -0.4 is 4.90 Å². The zero-order valence-corrected chi connectivity index (χ0v) is 22.1. The molecule has 0 radical (unpaired) electrons. The molecule has 0 aliphatic heterocycles. The highest BCUT2D eigenvalue weighted by molar-refractivity contribution is 5.91. The number of hydrogen-bond donors (Lipinski definition) is 0. The molecule has 0 unspecified atom stereocenters. The lowest BCUT2D eigenvalue weighted by Gasteiger charge is -2.41. The van der Waals surface area contributed by atoms with Gasteiger partial charge in [-0.05, 0) is 72.2 Å². The van der Waals surface area contributed by atoms with Crippen molar-refractivity contribution in [2.24, 2.45) is 0 Å². The molecule has 1 aliphatic rings. The van der Waals surface area contributed by atoms with E-state index in [1.165, 1.54) is 33.4 Å². The van der Waals surface area contributed by atoms with Crippen molar-refractivity contribution in [3.05, 3.63) is 108 Å². The standard InChI is InChI=1S/C34H37N/c1-23(2)31-30(22-21-28-32(31)26-18-11-13-19-27(26)34(28,6)7)35(33(3,4)5)29-20-14-12-17-25(29)24-15-9-8-10-16-24/h8-23H,1-7H3/i23D. The predicted octanol–water partition coefficient (Wildman–Crippen LogP) is 9.72. The predicted molar refractivity (Wildman–Crippen MR) is 152 cm³/mol. The summed E-state index contributed by atoms with van der Waals surface area (Å²) in [5, 5.41) is 0. The molecule has 1 aliphatic carbocycles. The van der Waals surface area contributed by atoms with Crippen molar-refractivity contribution in [3.8, 4) is 22.3 Å². The van der Waals surface area contributed by atoms with Crippen LogP contribution in [0.2, 0.25) is 0 Å². The topological polar surface area (TPSA) is 3.24 Å². The lowest BCUT2D eigenvalue weighted by molar-refractivity contribution is 0.558. The molecule has 0 atom stereocenters. The van der Waals surface area contributed by atoms with Crippen LogP contribution in [0.15, 0.2) is 91.0 Å². The van der Waals surface area contributed by atoms with Crippen molar-refractivity contribution in [2.45, 2.75) is 65.3 Å². The first-order chi connectivity index (χ1) is 16.9. The van der Waals surface area contributed by atoms with E-state index in [9.17, 15) is 1.37 Å². The second-order valence-corrected chi connectivity index (χ2v) is 11.4. The molecule has 4 aromatic carbocycles. The lowest BCUT2D eigenvalue weighted by Crippen LogP contribution is -2.38. The Morgan fingerprint density at radius 3 is 1.94 bits per heavy atom. The molecular weight excluding hydrogens is 422 g/mol. The Morgan fingerprint density at radius 2 is 1.29 bits per heavy atom. The van der Waals surface area contributed by atoms with E-state index >= 15 is 0 Å². The van der Waals surface area contributed by atoms with Gasteiger partial charge in [-0.25, -0.2) is 0 Å². The molecular formula is C34H37N. The molecule has 35 heavy (non-hydrogen) atoms. The maximum absolute atomic E-state index is 9.40. The quantitative estimate of drug-likeness (QED) is 0.293. The molecule has 1 heteroatoms. The molecule has 0 aromatic heterocycles. The van der Waals surface area contributed by atoms with Gasteiger partial charge in [-0.2, -0.15) is 0 Å². The second-order valence-electron chi connectivity index (χ2n) is 11.4. The summed E-state index contributed by atoms with van der Waals surface area (Å²) in [5.74, 6) is -0.792. The Morgan fingerprint density at radius 1 is 0.686 bits per heavy atom. The normalized spacial score (nSPS) is 14.8. The van der Waals surface area contributed by atoms with Gasteiger partial charge in [0.15, 0.2) is 0 Å². The Kier molecular flexibility index (Phi) is 5.33. The largest absolute Gasteiger partial charge is 0.335 e.